The molecule has 1 heterocycles. The van der Waals surface area contributed by atoms with Crippen LogP contribution in [0.25, 0.3) is 0 Å². The number of nitrogens with one attached hydrogen (secondary N) is 1. The van der Waals surface area contributed by atoms with Crippen molar-refractivity contribution < 1.29 is 9.53 Å². The molecular formula is C14H15N3O2. The Morgan fingerprint density at radius 2 is 2.26 bits per heavy atom. The molecule has 0 saturated carbocycles. The number of hydrogen-bond acceptors (Lipinski definition) is 4. The summed E-state index contributed by atoms with van der Waals surface area (Å²) in [7, 11) is 1.51. The molecule has 0 aliphatic heterocycles. The number of anilines is 1. The molecule has 0 unspecified atom stereocenters. The van der Waals surface area contributed by atoms with E-state index in [0.717, 1.165) is 11.3 Å². The summed E-state index contributed by atoms with van der Waals surface area (Å²) in [6, 6.07) is 9.05. The van der Waals surface area contributed by atoms with Crippen molar-refractivity contribution in [1.82, 2.24) is 4.98 Å². The smallest absolute Gasteiger partial charge is 0.252 e. The molecule has 0 radical (unpaired) electrons. The maximum absolute atomic E-state index is 11.2. The maximum atomic E-state index is 11.2. The lowest BCUT2D eigenvalue weighted by molar-refractivity contribution is 0.0997. The number of amides is 1. The van der Waals surface area contributed by atoms with Crippen molar-refractivity contribution in [1.29, 1.82) is 0 Å². The zero-order valence-corrected chi connectivity index (χ0v) is 10.6. The van der Waals surface area contributed by atoms with Crippen LogP contribution in [0.1, 0.15) is 15.9 Å². The van der Waals surface area contributed by atoms with Crippen LogP contribution in [-0.2, 0) is 6.54 Å². The fourth-order valence-electron chi connectivity index (χ4n) is 1.71. The van der Waals surface area contributed by atoms with Crippen molar-refractivity contribution in [3.63, 3.8) is 0 Å². The topological polar surface area (TPSA) is 77.2 Å². The molecule has 2 aromatic rings. The number of rotatable bonds is 5. The highest BCUT2D eigenvalue weighted by Gasteiger charge is 2.09. The van der Waals surface area contributed by atoms with E-state index >= 15 is 0 Å². The predicted molar refractivity (Wildman–Crippen MR) is 73.1 cm³/mol. The van der Waals surface area contributed by atoms with Gasteiger partial charge in [0.25, 0.3) is 5.91 Å². The maximum Gasteiger partial charge on any atom is 0.252 e. The van der Waals surface area contributed by atoms with Crippen LogP contribution >= 0.6 is 0 Å². The van der Waals surface area contributed by atoms with Crippen molar-refractivity contribution in [2.24, 2.45) is 5.73 Å². The van der Waals surface area contributed by atoms with Gasteiger partial charge in [0.2, 0.25) is 0 Å². The van der Waals surface area contributed by atoms with Crippen LogP contribution in [-0.4, -0.2) is 18.0 Å². The molecule has 0 aliphatic carbocycles. The second kappa shape index (κ2) is 5.86. The van der Waals surface area contributed by atoms with Gasteiger partial charge in [-0.2, -0.15) is 0 Å². The first kappa shape index (κ1) is 12.9. The summed E-state index contributed by atoms with van der Waals surface area (Å²) >= 11 is 0. The molecule has 2 rings (SSSR count). The summed E-state index contributed by atoms with van der Waals surface area (Å²) in [5.74, 6) is -0.0423. The van der Waals surface area contributed by atoms with Crippen molar-refractivity contribution in [2.75, 3.05) is 12.4 Å². The first-order valence-electron chi connectivity index (χ1n) is 5.81. The van der Waals surface area contributed by atoms with Gasteiger partial charge in [-0.3, -0.25) is 9.78 Å². The SMILES string of the molecule is COc1cc(NCc2cccnc2)ccc1C(N)=O. The zero-order valence-electron chi connectivity index (χ0n) is 10.6. The lowest BCUT2D eigenvalue weighted by Gasteiger charge is -2.10. The minimum absolute atomic E-state index is 0.370. The van der Waals surface area contributed by atoms with Crippen molar-refractivity contribution in [2.45, 2.75) is 6.54 Å². The molecule has 0 fully saturated rings. The van der Waals surface area contributed by atoms with E-state index in [2.05, 4.69) is 10.3 Å². The number of pyridine rings is 1. The number of benzene rings is 1. The van der Waals surface area contributed by atoms with E-state index in [0.29, 0.717) is 17.9 Å². The highest BCUT2D eigenvalue weighted by Crippen LogP contribution is 2.23. The molecule has 0 atom stereocenters. The molecule has 0 saturated heterocycles. The van der Waals surface area contributed by atoms with Crippen molar-refractivity contribution in [3.05, 3.63) is 53.9 Å². The number of methoxy groups -OCH3 is 1. The Morgan fingerprint density at radius 1 is 1.42 bits per heavy atom. The average molecular weight is 257 g/mol. The van der Waals surface area contributed by atoms with Gasteiger partial charge in [-0.15, -0.1) is 0 Å². The normalized spacial score (nSPS) is 9.95. The molecule has 0 bridgehead atoms. The highest BCUT2D eigenvalue weighted by atomic mass is 16.5. The van der Waals surface area contributed by atoms with Crippen molar-refractivity contribution >= 4 is 11.6 Å². The lowest BCUT2D eigenvalue weighted by Crippen LogP contribution is -2.12. The summed E-state index contributed by atoms with van der Waals surface area (Å²) < 4.78 is 5.15. The third-order valence-corrected chi connectivity index (χ3v) is 2.69. The molecule has 3 N–H and O–H groups in total. The molecule has 5 heteroatoms. The summed E-state index contributed by atoms with van der Waals surface area (Å²) in [5.41, 5.74) is 7.55. The van der Waals surface area contributed by atoms with E-state index in [4.69, 9.17) is 10.5 Å². The Labute approximate surface area is 111 Å². The first-order chi connectivity index (χ1) is 9.20. The van der Waals surface area contributed by atoms with E-state index in [9.17, 15) is 4.79 Å². The highest BCUT2D eigenvalue weighted by molar-refractivity contribution is 5.96. The number of carbonyl (C=O) groups is 1. The zero-order chi connectivity index (χ0) is 13.7. The Kier molecular flexibility index (Phi) is 3.97. The predicted octanol–water partition coefficient (Wildman–Crippen LogP) is 1.80. The Bertz CT molecular complexity index is 570. The first-order valence-corrected chi connectivity index (χ1v) is 5.81. The van der Waals surface area contributed by atoms with E-state index < -0.39 is 5.91 Å². The molecule has 19 heavy (non-hydrogen) atoms. The lowest BCUT2D eigenvalue weighted by atomic mass is 10.1. The molecule has 1 amide bonds. The molecule has 98 valence electrons. The fourth-order valence-corrected chi connectivity index (χ4v) is 1.71. The Morgan fingerprint density at radius 3 is 2.89 bits per heavy atom. The van der Waals surface area contributed by atoms with E-state index in [1.165, 1.54) is 7.11 Å². The van der Waals surface area contributed by atoms with Gasteiger partial charge in [0.15, 0.2) is 0 Å². The number of primary amides is 1. The van der Waals surface area contributed by atoms with Crippen LogP contribution in [0.2, 0.25) is 0 Å². The number of carbonyl (C=O) groups excluding carboxylic acids is 1. The number of nitrogens with two attached hydrogens (primary N) is 1. The molecule has 1 aromatic carbocycles. The summed E-state index contributed by atoms with van der Waals surface area (Å²) in [4.78, 5) is 15.2. The average Bonchev–Trinajstić information content (AvgIpc) is 2.45. The van der Waals surface area contributed by atoms with Gasteiger partial charge in [-0.05, 0) is 23.8 Å². The second-order valence-electron chi connectivity index (χ2n) is 3.99. The minimum Gasteiger partial charge on any atom is -0.496 e. The third kappa shape index (κ3) is 3.22. The van der Waals surface area contributed by atoms with Gasteiger partial charge < -0.3 is 15.8 Å². The minimum atomic E-state index is -0.504. The monoisotopic (exact) mass is 257 g/mol. The van der Waals surface area contributed by atoms with Gasteiger partial charge >= 0.3 is 0 Å². The largest absolute Gasteiger partial charge is 0.496 e. The molecule has 0 aliphatic rings. The van der Waals surface area contributed by atoms with Gasteiger partial charge in [-0.1, -0.05) is 6.07 Å². The van der Waals surface area contributed by atoms with Crippen LogP contribution < -0.4 is 15.8 Å². The van der Waals surface area contributed by atoms with E-state index in [-0.39, 0.29) is 0 Å². The number of aromatic nitrogens is 1. The molecule has 5 nitrogen and oxygen atoms in total. The van der Waals surface area contributed by atoms with Crippen LogP contribution in [0.4, 0.5) is 5.69 Å². The van der Waals surface area contributed by atoms with E-state index in [1.54, 1.807) is 30.6 Å². The van der Waals surface area contributed by atoms with Crippen LogP contribution in [0.3, 0.4) is 0 Å². The number of hydrogen-bond donors (Lipinski definition) is 2. The van der Waals surface area contributed by atoms with Crippen LogP contribution in [0, 0.1) is 0 Å². The van der Waals surface area contributed by atoms with Crippen LogP contribution in [0.15, 0.2) is 42.7 Å². The number of ether oxygens (including phenoxy) is 1. The van der Waals surface area contributed by atoms with Gasteiger partial charge in [0.05, 0.1) is 12.7 Å². The quantitative estimate of drug-likeness (QED) is 0.856. The second-order valence-corrected chi connectivity index (χ2v) is 3.99. The molecule has 0 spiro atoms. The Hall–Kier alpha value is -2.56. The Balaban J connectivity index is 2.11. The third-order valence-electron chi connectivity index (χ3n) is 2.69. The summed E-state index contributed by atoms with van der Waals surface area (Å²) in [6.07, 6.45) is 3.52. The van der Waals surface area contributed by atoms with E-state index in [1.807, 2.05) is 12.1 Å². The van der Waals surface area contributed by atoms with Gasteiger partial charge in [0.1, 0.15) is 5.75 Å². The molecular weight excluding hydrogens is 242 g/mol. The van der Waals surface area contributed by atoms with Gasteiger partial charge in [0, 0.05) is 30.7 Å². The molecule has 1 aromatic heterocycles. The summed E-state index contributed by atoms with van der Waals surface area (Å²) in [6.45, 7) is 0.646. The van der Waals surface area contributed by atoms with Crippen molar-refractivity contribution in [3.8, 4) is 5.75 Å². The van der Waals surface area contributed by atoms with Crippen LogP contribution in [0.5, 0.6) is 5.75 Å². The number of nitrogens with zero attached hydrogens (tertiary/aromatic N) is 1. The fraction of sp³-hybridized carbons (Fsp3) is 0.143. The standard InChI is InChI=1S/C14H15N3O2/c1-19-13-7-11(4-5-12(13)14(15)18)17-9-10-3-2-6-16-8-10/h2-8,17H,9H2,1H3,(H2,15,18). The summed E-state index contributed by atoms with van der Waals surface area (Å²) in [5, 5.41) is 3.23. The van der Waals surface area contributed by atoms with Gasteiger partial charge in [-0.25, -0.2) is 0 Å².